The minimum atomic E-state index is -0.118. The molecule has 0 spiro atoms. The van der Waals surface area contributed by atoms with E-state index >= 15 is 0 Å². The fraction of sp³-hybridized carbons (Fsp3) is 0.143. The highest BCUT2D eigenvalue weighted by atomic mass is 15.3. The Kier molecular flexibility index (Phi) is 2.98. The summed E-state index contributed by atoms with van der Waals surface area (Å²) >= 11 is 0. The van der Waals surface area contributed by atoms with Gasteiger partial charge in [-0.05, 0) is 5.39 Å². The van der Waals surface area contributed by atoms with Gasteiger partial charge in [0.1, 0.15) is 0 Å². The van der Waals surface area contributed by atoms with E-state index in [4.69, 9.17) is 5.84 Å². The number of nitrogens with zero attached hydrogens (tertiary/aromatic N) is 3. The van der Waals surface area contributed by atoms with Gasteiger partial charge in [0.25, 0.3) is 0 Å². The Hall–Kier alpha value is -2.24. The molecule has 0 radical (unpaired) electrons. The second kappa shape index (κ2) is 4.79. The molecular weight excluding hydrogens is 238 g/mol. The van der Waals surface area contributed by atoms with Gasteiger partial charge in [0.05, 0.1) is 12.2 Å². The van der Waals surface area contributed by atoms with E-state index in [1.54, 1.807) is 4.68 Å². The van der Waals surface area contributed by atoms with Gasteiger partial charge in [-0.2, -0.15) is 5.10 Å². The molecule has 3 N–H and O–H groups in total. The Balaban J connectivity index is 2.16. The smallest absolute Gasteiger partial charge is 0.0761 e. The SMILES string of the molecule is Cn1cc(C(NN)c2cncc3ccccc23)cn1. The number of hydrogen-bond donors (Lipinski definition) is 2. The zero-order valence-electron chi connectivity index (χ0n) is 10.6. The van der Waals surface area contributed by atoms with Crippen molar-refractivity contribution in [3.8, 4) is 0 Å². The lowest BCUT2D eigenvalue weighted by Crippen LogP contribution is -2.28. The van der Waals surface area contributed by atoms with Gasteiger partial charge < -0.3 is 0 Å². The molecule has 96 valence electrons. The van der Waals surface area contributed by atoms with Gasteiger partial charge in [-0.3, -0.25) is 15.5 Å². The molecular formula is C14H15N5. The van der Waals surface area contributed by atoms with E-state index in [0.717, 1.165) is 21.9 Å². The van der Waals surface area contributed by atoms with Crippen LogP contribution in [0.5, 0.6) is 0 Å². The molecule has 5 heteroatoms. The molecule has 0 saturated heterocycles. The number of hydrogen-bond acceptors (Lipinski definition) is 4. The number of nitrogens with one attached hydrogen (secondary N) is 1. The molecule has 1 aromatic carbocycles. The molecule has 3 aromatic rings. The summed E-state index contributed by atoms with van der Waals surface area (Å²) in [6.07, 6.45) is 7.47. The third-order valence-electron chi connectivity index (χ3n) is 3.23. The van der Waals surface area contributed by atoms with Crippen molar-refractivity contribution in [2.75, 3.05) is 0 Å². The van der Waals surface area contributed by atoms with Gasteiger partial charge in [-0.15, -0.1) is 0 Å². The Morgan fingerprint density at radius 3 is 2.79 bits per heavy atom. The van der Waals surface area contributed by atoms with Crippen molar-refractivity contribution < 1.29 is 0 Å². The topological polar surface area (TPSA) is 68.8 Å². The highest BCUT2D eigenvalue weighted by molar-refractivity contribution is 5.85. The Morgan fingerprint density at radius 2 is 2.05 bits per heavy atom. The van der Waals surface area contributed by atoms with Gasteiger partial charge in [0.2, 0.25) is 0 Å². The minimum absolute atomic E-state index is 0.118. The molecule has 2 heterocycles. The van der Waals surface area contributed by atoms with Crippen molar-refractivity contribution in [3.05, 3.63) is 60.2 Å². The van der Waals surface area contributed by atoms with Gasteiger partial charge in [0, 0.05) is 42.2 Å². The average Bonchev–Trinajstić information content (AvgIpc) is 2.86. The Morgan fingerprint density at radius 1 is 1.21 bits per heavy atom. The minimum Gasteiger partial charge on any atom is -0.275 e. The average molecular weight is 253 g/mol. The summed E-state index contributed by atoms with van der Waals surface area (Å²) in [5.74, 6) is 5.72. The summed E-state index contributed by atoms with van der Waals surface area (Å²) in [6.45, 7) is 0. The van der Waals surface area contributed by atoms with Gasteiger partial charge >= 0.3 is 0 Å². The van der Waals surface area contributed by atoms with Crippen molar-refractivity contribution in [3.63, 3.8) is 0 Å². The summed E-state index contributed by atoms with van der Waals surface area (Å²) in [6, 6.07) is 8.02. The molecule has 0 aliphatic heterocycles. The lowest BCUT2D eigenvalue weighted by Gasteiger charge is -2.16. The van der Waals surface area contributed by atoms with Crippen LogP contribution in [0.1, 0.15) is 17.2 Å². The third kappa shape index (κ3) is 2.09. The number of rotatable bonds is 3. The first kappa shape index (κ1) is 11.8. The molecule has 0 bridgehead atoms. The zero-order chi connectivity index (χ0) is 13.2. The highest BCUT2D eigenvalue weighted by Crippen LogP contribution is 2.27. The standard InChI is InChI=1S/C14H15N5/c1-19-9-11(7-17-19)14(18-15)13-8-16-6-10-4-2-3-5-12(10)13/h2-9,14,18H,15H2,1H3. The van der Waals surface area contributed by atoms with Crippen LogP contribution in [-0.4, -0.2) is 14.8 Å². The predicted molar refractivity (Wildman–Crippen MR) is 74.1 cm³/mol. The van der Waals surface area contributed by atoms with E-state index in [1.807, 2.05) is 50.0 Å². The van der Waals surface area contributed by atoms with Crippen LogP contribution in [0.25, 0.3) is 10.8 Å². The van der Waals surface area contributed by atoms with Crippen LogP contribution in [0.3, 0.4) is 0 Å². The largest absolute Gasteiger partial charge is 0.275 e. The first-order chi connectivity index (χ1) is 9.29. The van der Waals surface area contributed by atoms with E-state index in [0.29, 0.717) is 0 Å². The molecule has 0 fully saturated rings. The number of nitrogens with two attached hydrogens (primary N) is 1. The highest BCUT2D eigenvalue weighted by Gasteiger charge is 2.16. The molecule has 0 amide bonds. The van der Waals surface area contributed by atoms with Crippen LogP contribution in [0, 0.1) is 0 Å². The van der Waals surface area contributed by atoms with Crippen molar-refractivity contribution in [1.82, 2.24) is 20.2 Å². The summed E-state index contributed by atoms with van der Waals surface area (Å²) in [7, 11) is 1.89. The van der Waals surface area contributed by atoms with Crippen molar-refractivity contribution >= 4 is 10.8 Å². The maximum Gasteiger partial charge on any atom is 0.0761 e. The zero-order valence-corrected chi connectivity index (χ0v) is 10.6. The van der Waals surface area contributed by atoms with Crippen LogP contribution >= 0.6 is 0 Å². The summed E-state index contributed by atoms with van der Waals surface area (Å²) < 4.78 is 1.76. The number of pyridine rings is 1. The molecule has 0 aliphatic rings. The van der Waals surface area contributed by atoms with Crippen molar-refractivity contribution in [2.24, 2.45) is 12.9 Å². The third-order valence-corrected chi connectivity index (χ3v) is 3.23. The second-order valence-corrected chi connectivity index (χ2v) is 4.50. The first-order valence-electron chi connectivity index (χ1n) is 6.07. The van der Waals surface area contributed by atoms with Crippen LogP contribution in [0.15, 0.2) is 49.1 Å². The summed E-state index contributed by atoms with van der Waals surface area (Å²) in [4.78, 5) is 4.29. The predicted octanol–water partition coefficient (Wildman–Crippen LogP) is 1.52. The number of fused-ring (bicyclic) bond motifs is 1. The molecule has 1 unspecified atom stereocenters. The van der Waals surface area contributed by atoms with Gasteiger partial charge in [0.15, 0.2) is 0 Å². The molecule has 1 atom stereocenters. The second-order valence-electron chi connectivity index (χ2n) is 4.50. The summed E-state index contributed by atoms with van der Waals surface area (Å²) in [5, 5.41) is 6.44. The van der Waals surface area contributed by atoms with Crippen LogP contribution in [0.2, 0.25) is 0 Å². The quantitative estimate of drug-likeness (QED) is 0.548. The van der Waals surface area contributed by atoms with E-state index in [-0.39, 0.29) is 6.04 Å². The number of aryl methyl sites for hydroxylation is 1. The Labute approximate surface area is 111 Å². The number of aromatic nitrogens is 3. The molecule has 5 nitrogen and oxygen atoms in total. The van der Waals surface area contributed by atoms with E-state index < -0.39 is 0 Å². The summed E-state index contributed by atoms with van der Waals surface area (Å²) in [5.41, 5.74) is 4.91. The molecule has 0 saturated carbocycles. The van der Waals surface area contributed by atoms with E-state index in [1.165, 1.54) is 0 Å². The fourth-order valence-corrected chi connectivity index (χ4v) is 2.32. The van der Waals surface area contributed by atoms with Crippen molar-refractivity contribution in [2.45, 2.75) is 6.04 Å². The van der Waals surface area contributed by atoms with E-state index in [9.17, 15) is 0 Å². The molecule has 3 rings (SSSR count). The maximum absolute atomic E-state index is 5.72. The number of hydrazine groups is 1. The number of benzene rings is 1. The van der Waals surface area contributed by atoms with Crippen LogP contribution in [0.4, 0.5) is 0 Å². The van der Waals surface area contributed by atoms with Crippen LogP contribution < -0.4 is 11.3 Å². The van der Waals surface area contributed by atoms with Gasteiger partial charge in [-0.25, -0.2) is 5.43 Å². The molecule has 19 heavy (non-hydrogen) atoms. The molecule has 2 aromatic heterocycles. The maximum atomic E-state index is 5.72. The van der Waals surface area contributed by atoms with Gasteiger partial charge in [-0.1, -0.05) is 24.3 Å². The lowest BCUT2D eigenvalue weighted by molar-refractivity contribution is 0.638. The first-order valence-corrected chi connectivity index (χ1v) is 6.07. The Bertz CT molecular complexity index is 698. The van der Waals surface area contributed by atoms with Crippen LogP contribution in [-0.2, 0) is 7.05 Å². The monoisotopic (exact) mass is 253 g/mol. The normalized spacial score (nSPS) is 12.7. The fourth-order valence-electron chi connectivity index (χ4n) is 2.32. The molecule has 0 aliphatic carbocycles. The lowest BCUT2D eigenvalue weighted by atomic mass is 9.98. The van der Waals surface area contributed by atoms with Crippen molar-refractivity contribution in [1.29, 1.82) is 0 Å². The van der Waals surface area contributed by atoms with E-state index in [2.05, 4.69) is 21.6 Å².